The van der Waals surface area contributed by atoms with Crippen molar-refractivity contribution >= 4 is 22.9 Å². The van der Waals surface area contributed by atoms with Crippen LogP contribution < -0.4 is 5.43 Å². The van der Waals surface area contributed by atoms with Crippen LogP contribution >= 0.6 is 0 Å². The Balaban J connectivity index is 1.57. The Bertz CT molecular complexity index is 916. The normalized spacial score (nSPS) is 16.7. The van der Waals surface area contributed by atoms with Crippen LogP contribution in [0.2, 0.25) is 0 Å². The van der Waals surface area contributed by atoms with E-state index in [-0.39, 0.29) is 5.91 Å². The third-order valence-electron chi connectivity index (χ3n) is 3.87. The lowest BCUT2D eigenvalue weighted by Crippen LogP contribution is -2.40. The predicted octanol–water partition coefficient (Wildman–Crippen LogP) is 1.89. The van der Waals surface area contributed by atoms with Crippen LogP contribution in [-0.4, -0.2) is 27.6 Å². The van der Waals surface area contributed by atoms with Crippen LogP contribution in [-0.2, 0) is 16.0 Å². The number of carbonyl (C=O) groups is 2. The Labute approximate surface area is 131 Å². The number of benzene rings is 2. The van der Waals surface area contributed by atoms with E-state index in [4.69, 9.17) is 4.74 Å². The van der Waals surface area contributed by atoms with Gasteiger partial charge in [-0.1, -0.05) is 30.3 Å². The lowest BCUT2D eigenvalue weighted by Gasteiger charge is -2.23. The largest absolute Gasteiger partial charge is 0.448 e. The van der Waals surface area contributed by atoms with Crippen molar-refractivity contribution in [1.29, 1.82) is 0 Å². The van der Waals surface area contributed by atoms with Gasteiger partial charge in [-0.3, -0.25) is 10.2 Å². The van der Waals surface area contributed by atoms with E-state index in [1.807, 2.05) is 36.4 Å². The molecule has 4 rings (SSSR count). The topological polar surface area (TPSA) is 73.2 Å². The molecular formula is C17H13N3O3. The fraction of sp³-hybridized carbons (Fsp3) is 0.118. The zero-order valence-corrected chi connectivity index (χ0v) is 12.1. The number of aromatic nitrogens is 2. The number of ether oxygens (including phenoxy) is 1. The summed E-state index contributed by atoms with van der Waals surface area (Å²) in [6, 6.07) is 14.6. The second kappa shape index (κ2) is 5.24. The van der Waals surface area contributed by atoms with Gasteiger partial charge < -0.3 is 4.74 Å². The minimum Gasteiger partial charge on any atom is -0.448 e. The predicted molar refractivity (Wildman–Crippen MR) is 83.5 cm³/mol. The number of hydrogen-bond donors (Lipinski definition) is 1. The van der Waals surface area contributed by atoms with Crippen molar-refractivity contribution in [2.24, 2.45) is 0 Å². The van der Waals surface area contributed by atoms with Gasteiger partial charge in [0.1, 0.15) is 6.33 Å². The van der Waals surface area contributed by atoms with Crippen LogP contribution in [0.3, 0.4) is 0 Å². The first-order chi connectivity index (χ1) is 11.2. The molecule has 1 atom stereocenters. The Morgan fingerprint density at radius 2 is 1.96 bits per heavy atom. The van der Waals surface area contributed by atoms with Crippen molar-refractivity contribution in [1.82, 2.24) is 9.66 Å². The molecule has 0 bridgehead atoms. The highest BCUT2D eigenvalue weighted by Crippen LogP contribution is 2.21. The molecule has 1 aliphatic heterocycles. The summed E-state index contributed by atoms with van der Waals surface area (Å²) in [4.78, 5) is 28.6. The number of rotatable bonds is 2. The zero-order valence-electron chi connectivity index (χ0n) is 12.1. The summed E-state index contributed by atoms with van der Waals surface area (Å²) in [5, 5.41) is 0. The fourth-order valence-electron chi connectivity index (χ4n) is 2.72. The van der Waals surface area contributed by atoms with Crippen molar-refractivity contribution in [3.05, 3.63) is 66.0 Å². The van der Waals surface area contributed by atoms with Crippen molar-refractivity contribution in [2.45, 2.75) is 12.5 Å². The molecule has 23 heavy (non-hydrogen) atoms. The highest BCUT2D eigenvalue weighted by molar-refractivity contribution is 5.98. The summed E-state index contributed by atoms with van der Waals surface area (Å²) in [5.41, 5.74) is 5.62. The van der Waals surface area contributed by atoms with Crippen LogP contribution in [0.15, 0.2) is 54.9 Å². The third-order valence-corrected chi connectivity index (χ3v) is 3.87. The molecule has 1 N–H and O–H groups in total. The average Bonchev–Trinajstić information content (AvgIpc) is 2.98. The van der Waals surface area contributed by atoms with E-state index >= 15 is 0 Å². The van der Waals surface area contributed by atoms with E-state index < -0.39 is 12.1 Å². The van der Waals surface area contributed by atoms with Crippen LogP contribution in [0, 0.1) is 0 Å². The van der Waals surface area contributed by atoms with Crippen molar-refractivity contribution in [3.63, 3.8) is 0 Å². The third kappa shape index (κ3) is 2.34. The van der Waals surface area contributed by atoms with E-state index in [0.29, 0.717) is 12.0 Å². The maximum Gasteiger partial charge on any atom is 0.339 e. The number of para-hydroxylation sites is 2. The van der Waals surface area contributed by atoms with Gasteiger partial charge >= 0.3 is 5.97 Å². The first kappa shape index (κ1) is 13.5. The van der Waals surface area contributed by atoms with Crippen molar-refractivity contribution in [3.8, 4) is 0 Å². The van der Waals surface area contributed by atoms with E-state index in [0.717, 1.165) is 16.6 Å². The van der Waals surface area contributed by atoms with Gasteiger partial charge in [-0.05, 0) is 23.8 Å². The number of carbonyl (C=O) groups excluding carboxylic acids is 2. The standard InChI is InChI=1S/C17H13N3O3/c21-16(19-20-10-18-13-7-3-4-8-14(13)20)15-9-11-5-1-2-6-12(11)17(22)23-15/h1-8,10,15H,9H2,(H,19,21). The highest BCUT2D eigenvalue weighted by atomic mass is 16.5. The number of nitrogens with one attached hydrogen (secondary N) is 1. The van der Waals surface area contributed by atoms with Crippen LogP contribution in [0.25, 0.3) is 11.0 Å². The number of fused-ring (bicyclic) bond motifs is 2. The highest BCUT2D eigenvalue weighted by Gasteiger charge is 2.31. The minimum atomic E-state index is -0.849. The Morgan fingerprint density at radius 3 is 2.87 bits per heavy atom. The molecule has 6 heteroatoms. The fourth-order valence-corrected chi connectivity index (χ4v) is 2.72. The summed E-state index contributed by atoms with van der Waals surface area (Å²) in [5.74, 6) is -0.849. The molecule has 0 saturated carbocycles. The van der Waals surface area contributed by atoms with Gasteiger partial charge in [0, 0.05) is 6.42 Å². The second-order valence-electron chi connectivity index (χ2n) is 5.33. The monoisotopic (exact) mass is 307 g/mol. The number of cyclic esters (lactones) is 1. The van der Waals surface area contributed by atoms with Gasteiger partial charge in [0.15, 0.2) is 6.10 Å². The molecule has 0 aliphatic carbocycles. The molecule has 6 nitrogen and oxygen atoms in total. The van der Waals surface area contributed by atoms with E-state index in [1.165, 1.54) is 11.0 Å². The maximum atomic E-state index is 12.4. The van der Waals surface area contributed by atoms with Crippen LogP contribution in [0.5, 0.6) is 0 Å². The average molecular weight is 307 g/mol. The van der Waals surface area contributed by atoms with Gasteiger partial charge in [-0.2, -0.15) is 0 Å². The lowest BCUT2D eigenvalue weighted by atomic mass is 9.98. The Morgan fingerprint density at radius 1 is 1.17 bits per heavy atom. The van der Waals surface area contributed by atoms with Crippen LogP contribution in [0.1, 0.15) is 15.9 Å². The summed E-state index contributed by atoms with van der Waals surface area (Å²) in [6.07, 6.45) is 1.04. The quantitative estimate of drug-likeness (QED) is 0.734. The lowest BCUT2D eigenvalue weighted by molar-refractivity contribution is -0.125. The van der Waals surface area contributed by atoms with Crippen LogP contribution in [0.4, 0.5) is 0 Å². The van der Waals surface area contributed by atoms with Gasteiger partial charge in [-0.15, -0.1) is 0 Å². The molecule has 2 aromatic carbocycles. The molecule has 2 heterocycles. The number of nitrogens with zero attached hydrogens (tertiary/aromatic N) is 2. The molecule has 1 unspecified atom stereocenters. The molecule has 114 valence electrons. The summed E-state index contributed by atoms with van der Waals surface area (Å²) >= 11 is 0. The molecular weight excluding hydrogens is 294 g/mol. The summed E-state index contributed by atoms with van der Waals surface area (Å²) in [6.45, 7) is 0. The molecule has 1 aromatic heterocycles. The summed E-state index contributed by atoms with van der Waals surface area (Å²) in [7, 11) is 0. The second-order valence-corrected chi connectivity index (χ2v) is 5.33. The Hall–Kier alpha value is -3.15. The number of hydrogen-bond acceptors (Lipinski definition) is 4. The molecule has 1 aliphatic rings. The van der Waals surface area contributed by atoms with E-state index in [2.05, 4.69) is 10.4 Å². The first-order valence-electron chi connectivity index (χ1n) is 7.24. The van der Waals surface area contributed by atoms with E-state index in [1.54, 1.807) is 12.1 Å². The summed E-state index contributed by atoms with van der Waals surface area (Å²) < 4.78 is 6.78. The smallest absolute Gasteiger partial charge is 0.339 e. The van der Waals surface area contributed by atoms with E-state index in [9.17, 15) is 9.59 Å². The number of imidazole rings is 1. The Kier molecular flexibility index (Phi) is 3.08. The molecule has 0 radical (unpaired) electrons. The molecule has 3 aromatic rings. The first-order valence-corrected chi connectivity index (χ1v) is 7.24. The molecule has 0 saturated heterocycles. The number of esters is 1. The van der Waals surface area contributed by atoms with Crippen molar-refractivity contribution < 1.29 is 14.3 Å². The van der Waals surface area contributed by atoms with Crippen molar-refractivity contribution in [2.75, 3.05) is 5.43 Å². The molecule has 0 fully saturated rings. The zero-order chi connectivity index (χ0) is 15.8. The number of amides is 1. The van der Waals surface area contributed by atoms with Gasteiger partial charge in [0.25, 0.3) is 5.91 Å². The van der Waals surface area contributed by atoms with Gasteiger partial charge in [-0.25, -0.2) is 14.5 Å². The minimum absolute atomic E-state index is 0.361. The van der Waals surface area contributed by atoms with Gasteiger partial charge in [0.2, 0.25) is 0 Å². The maximum absolute atomic E-state index is 12.4. The van der Waals surface area contributed by atoms with Gasteiger partial charge in [0.05, 0.1) is 16.6 Å². The SMILES string of the molecule is O=C1OC(C(=O)Nn2cnc3ccccc32)Cc2ccccc21. The molecule has 0 spiro atoms. The molecule has 1 amide bonds.